The summed E-state index contributed by atoms with van der Waals surface area (Å²) in [5.74, 6) is 0. The Bertz CT molecular complexity index is 67.5. The van der Waals surface area contributed by atoms with Crippen molar-refractivity contribution in [3.8, 4) is 0 Å². The third-order valence-electron chi connectivity index (χ3n) is 1.77. The van der Waals surface area contributed by atoms with Crippen LogP contribution in [-0.2, 0) is 21.1 Å². The summed E-state index contributed by atoms with van der Waals surface area (Å²) in [6.07, 6.45) is 4.25. The van der Waals surface area contributed by atoms with Gasteiger partial charge in [0.15, 0.2) is 0 Å². The van der Waals surface area contributed by atoms with Crippen molar-refractivity contribution in [1.29, 1.82) is 0 Å². The van der Waals surface area contributed by atoms with Crippen molar-refractivity contribution >= 4 is 0 Å². The van der Waals surface area contributed by atoms with Crippen LogP contribution in [-0.4, -0.2) is 12.1 Å². The Morgan fingerprint density at radius 2 is 1.22 bits per heavy atom. The first-order valence-corrected chi connectivity index (χ1v) is 3.23. The van der Waals surface area contributed by atoms with Crippen molar-refractivity contribution in [2.45, 2.75) is 37.8 Å². The molecule has 0 aromatic carbocycles. The molecule has 56 valence electrons. The molecule has 0 saturated heterocycles. The Morgan fingerprint density at radius 3 is 1.44 bits per heavy atom. The predicted molar refractivity (Wildman–Crippen MR) is 34.7 cm³/mol. The molecule has 3 heteroatoms. The summed E-state index contributed by atoms with van der Waals surface area (Å²) in [5.41, 5.74) is 14.6. The molecule has 2 nitrogen and oxygen atoms in total. The van der Waals surface area contributed by atoms with E-state index in [4.69, 9.17) is 11.5 Å². The summed E-state index contributed by atoms with van der Waals surface area (Å²) in [6, 6.07) is -0.160. The number of hydrogen-bond acceptors (Lipinski definition) is 0. The van der Waals surface area contributed by atoms with Crippen LogP contribution >= 0.6 is 0 Å². The van der Waals surface area contributed by atoms with Gasteiger partial charge in [-0.2, -0.15) is 12.1 Å². The molecule has 1 rings (SSSR count). The van der Waals surface area contributed by atoms with E-state index in [1.54, 1.807) is 0 Å². The fourth-order valence-electron chi connectivity index (χ4n) is 1.13. The van der Waals surface area contributed by atoms with Crippen molar-refractivity contribution in [1.82, 2.24) is 0 Å². The van der Waals surface area contributed by atoms with Crippen LogP contribution in [0.2, 0.25) is 0 Å². The van der Waals surface area contributed by atoms with E-state index in [0.717, 1.165) is 12.8 Å². The summed E-state index contributed by atoms with van der Waals surface area (Å²) < 4.78 is 0. The molecule has 0 heterocycles. The van der Waals surface area contributed by atoms with E-state index in [2.05, 4.69) is 0 Å². The Hall–Kier alpha value is 0.608. The second kappa shape index (κ2) is 4.43. The second-order valence-corrected chi connectivity index (χ2v) is 2.50. The Kier molecular flexibility index (Phi) is 4.73. The van der Waals surface area contributed by atoms with Crippen molar-refractivity contribution < 1.29 is 21.1 Å². The molecule has 2 N–H and O–H groups in total. The minimum Gasteiger partial charge on any atom is -0.676 e. The molecular weight excluding hydrogens is 295 g/mol. The Labute approximate surface area is 70.6 Å². The summed E-state index contributed by atoms with van der Waals surface area (Å²) >= 11 is 0. The maximum Gasteiger partial charge on any atom is 2.00 e. The van der Waals surface area contributed by atoms with Crippen LogP contribution in [0.15, 0.2) is 0 Å². The van der Waals surface area contributed by atoms with Crippen molar-refractivity contribution in [2.75, 3.05) is 0 Å². The Morgan fingerprint density at radius 1 is 0.889 bits per heavy atom. The molecule has 0 spiro atoms. The largest absolute Gasteiger partial charge is 2.00 e. The second-order valence-electron chi connectivity index (χ2n) is 2.50. The molecule has 0 aromatic heterocycles. The topological polar surface area (TPSA) is 47.6 Å². The molecule has 1 aliphatic rings. The van der Waals surface area contributed by atoms with E-state index >= 15 is 0 Å². The van der Waals surface area contributed by atoms with E-state index in [9.17, 15) is 0 Å². The maximum atomic E-state index is 7.29. The van der Waals surface area contributed by atoms with Gasteiger partial charge in [-0.25, -0.2) is 0 Å². The average Bonchev–Trinajstić information content (AvgIpc) is 1.77. The fraction of sp³-hybridized carbons (Fsp3) is 1.00. The first-order valence-electron chi connectivity index (χ1n) is 3.23. The van der Waals surface area contributed by atoms with Crippen molar-refractivity contribution in [3.63, 3.8) is 0 Å². The van der Waals surface area contributed by atoms with Crippen LogP contribution in [0.25, 0.3) is 11.5 Å². The number of rotatable bonds is 0. The summed E-state index contributed by atoms with van der Waals surface area (Å²) in [4.78, 5) is 0. The molecule has 1 saturated carbocycles. The van der Waals surface area contributed by atoms with Gasteiger partial charge in [-0.05, 0) is 0 Å². The van der Waals surface area contributed by atoms with E-state index in [0.29, 0.717) is 0 Å². The fourth-order valence-corrected chi connectivity index (χ4v) is 1.13. The normalized spacial score (nSPS) is 35.3. The molecule has 0 radical (unpaired) electrons. The molecule has 0 amide bonds. The number of hydrogen-bond donors (Lipinski definition) is 0. The third kappa shape index (κ3) is 2.79. The molecule has 0 bridgehead atoms. The first kappa shape index (κ1) is 9.61. The molecule has 2 unspecified atom stereocenters. The van der Waals surface area contributed by atoms with E-state index < -0.39 is 0 Å². The Balaban J connectivity index is 0.000000640. The smallest absolute Gasteiger partial charge is 0.676 e. The van der Waals surface area contributed by atoms with E-state index in [-0.39, 0.29) is 33.1 Å². The van der Waals surface area contributed by atoms with Gasteiger partial charge in [0.2, 0.25) is 0 Å². The van der Waals surface area contributed by atoms with Crippen LogP contribution in [0.5, 0.6) is 0 Å². The standard InChI is InChI=1S/C6H12N2.Pt/c7-5-3-1-2-4-6(5)8;/h5-8H,1-4H2;/q-2;+2. The van der Waals surface area contributed by atoms with E-state index in [1.807, 2.05) is 0 Å². The van der Waals surface area contributed by atoms with Crippen LogP contribution in [0, 0.1) is 0 Å². The van der Waals surface area contributed by atoms with Gasteiger partial charge >= 0.3 is 21.1 Å². The molecule has 9 heavy (non-hydrogen) atoms. The van der Waals surface area contributed by atoms with Crippen molar-refractivity contribution in [3.05, 3.63) is 11.5 Å². The minimum absolute atomic E-state index is 0. The average molecular weight is 307 g/mol. The van der Waals surface area contributed by atoms with Gasteiger partial charge in [0.05, 0.1) is 0 Å². The van der Waals surface area contributed by atoms with Gasteiger partial charge in [0.1, 0.15) is 0 Å². The summed E-state index contributed by atoms with van der Waals surface area (Å²) in [5, 5.41) is 0. The zero-order valence-electron chi connectivity index (χ0n) is 5.30. The summed E-state index contributed by atoms with van der Waals surface area (Å²) in [7, 11) is 0. The molecule has 1 aliphatic carbocycles. The van der Waals surface area contributed by atoms with Gasteiger partial charge in [0, 0.05) is 0 Å². The molecular formula is C6H12N2Pt. The summed E-state index contributed by atoms with van der Waals surface area (Å²) in [6.45, 7) is 0. The number of nitrogens with one attached hydrogen (secondary N) is 2. The van der Waals surface area contributed by atoms with E-state index in [1.165, 1.54) is 12.8 Å². The van der Waals surface area contributed by atoms with Crippen LogP contribution < -0.4 is 0 Å². The molecule has 1 fully saturated rings. The zero-order chi connectivity index (χ0) is 5.98. The quantitative estimate of drug-likeness (QED) is 0.660. The van der Waals surface area contributed by atoms with Crippen LogP contribution in [0.1, 0.15) is 25.7 Å². The molecule has 2 atom stereocenters. The minimum atomic E-state index is -0.0799. The maximum absolute atomic E-state index is 7.29. The SMILES string of the molecule is [NH-]C1CCCCC1[NH-].[Pt+2]. The monoisotopic (exact) mass is 307 g/mol. The predicted octanol–water partition coefficient (Wildman–Crippen LogP) is 2.40. The van der Waals surface area contributed by atoms with Gasteiger partial charge in [-0.15, -0.1) is 0 Å². The van der Waals surface area contributed by atoms with Crippen molar-refractivity contribution in [2.24, 2.45) is 0 Å². The van der Waals surface area contributed by atoms with Gasteiger partial charge in [-0.3, -0.25) is 0 Å². The zero-order valence-corrected chi connectivity index (χ0v) is 7.57. The first-order chi connectivity index (χ1) is 3.80. The third-order valence-corrected chi connectivity index (χ3v) is 1.77. The molecule has 0 aliphatic heterocycles. The van der Waals surface area contributed by atoms with Crippen LogP contribution in [0.3, 0.4) is 0 Å². The molecule has 0 aromatic rings. The van der Waals surface area contributed by atoms with Gasteiger partial charge in [0.25, 0.3) is 0 Å². The van der Waals surface area contributed by atoms with Gasteiger partial charge in [-0.1, -0.05) is 25.7 Å². The van der Waals surface area contributed by atoms with Crippen LogP contribution in [0.4, 0.5) is 0 Å². The van der Waals surface area contributed by atoms with Gasteiger partial charge < -0.3 is 11.5 Å².